The molecule has 0 heterocycles. The summed E-state index contributed by atoms with van der Waals surface area (Å²) < 4.78 is 0. The Morgan fingerprint density at radius 1 is 0.955 bits per heavy atom. The van der Waals surface area contributed by atoms with Gasteiger partial charge in [-0.05, 0) is 37.0 Å². The second-order valence-electron chi connectivity index (χ2n) is 5.85. The van der Waals surface area contributed by atoms with Gasteiger partial charge in [-0.3, -0.25) is 4.79 Å². The molecule has 2 rings (SSSR count). The minimum absolute atomic E-state index is 0.294. The highest BCUT2D eigenvalue weighted by atomic mass is 32.1. The molecule has 0 spiro atoms. The number of aliphatic hydroxyl groups is 1. The van der Waals surface area contributed by atoms with E-state index >= 15 is 0 Å². The van der Waals surface area contributed by atoms with Gasteiger partial charge in [-0.2, -0.15) is 0 Å². The van der Waals surface area contributed by atoms with Crippen LogP contribution < -0.4 is 0 Å². The number of carbonyl (C=O) groups is 1. The fourth-order valence-electron chi connectivity index (χ4n) is 2.18. The third kappa shape index (κ3) is 3.67. The van der Waals surface area contributed by atoms with Crippen LogP contribution in [-0.4, -0.2) is 21.4 Å². The molecule has 0 unspecified atom stereocenters. The Morgan fingerprint density at radius 3 is 1.77 bits per heavy atom. The van der Waals surface area contributed by atoms with Crippen molar-refractivity contribution < 1.29 is 9.90 Å². The number of ketones is 1. The van der Waals surface area contributed by atoms with Gasteiger partial charge in [0.05, 0.1) is 4.86 Å². The van der Waals surface area contributed by atoms with Crippen LogP contribution in [0.1, 0.15) is 47.8 Å². The lowest BCUT2D eigenvalue weighted by atomic mass is 9.95. The first kappa shape index (κ1) is 16.5. The number of carbonyl (C=O) groups excluding carboxylic acids is 1. The Morgan fingerprint density at radius 2 is 1.36 bits per heavy atom. The van der Waals surface area contributed by atoms with Crippen LogP contribution >= 0.6 is 12.2 Å². The number of hydrogen-bond donors (Lipinski definition) is 1. The molecule has 0 atom stereocenters. The molecular formula is C19H20O2S. The fraction of sp³-hybridized carbons (Fsp3) is 0.263. The van der Waals surface area contributed by atoms with Gasteiger partial charge in [0.15, 0.2) is 5.78 Å². The van der Waals surface area contributed by atoms with Gasteiger partial charge >= 0.3 is 0 Å². The van der Waals surface area contributed by atoms with Crippen LogP contribution in [0.15, 0.2) is 48.5 Å². The Hall–Kier alpha value is -1.84. The zero-order valence-electron chi connectivity index (χ0n) is 13.1. The highest BCUT2D eigenvalue weighted by molar-refractivity contribution is 7.81. The monoisotopic (exact) mass is 312 g/mol. The van der Waals surface area contributed by atoms with Crippen LogP contribution in [-0.2, 0) is 6.42 Å². The van der Waals surface area contributed by atoms with E-state index in [1.165, 1.54) is 19.4 Å². The van der Waals surface area contributed by atoms with Gasteiger partial charge in [-0.25, -0.2) is 0 Å². The van der Waals surface area contributed by atoms with Crippen molar-refractivity contribution in [1.82, 2.24) is 0 Å². The van der Waals surface area contributed by atoms with E-state index in [1.807, 2.05) is 24.3 Å². The minimum atomic E-state index is -1.36. The van der Waals surface area contributed by atoms with Gasteiger partial charge in [-0.1, -0.05) is 67.7 Å². The number of thiocarbonyl (C=S) groups is 1. The predicted molar refractivity (Wildman–Crippen MR) is 93.7 cm³/mol. The largest absolute Gasteiger partial charge is 0.382 e. The van der Waals surface area contributed by atoms with Crippen LogP contribution in [0.25, 0.3) is 0 Å². The molecule has 0 aromatic heterocycles. The molecule has 0 saturated heterocycles. The zero-order chi connectivity index (χ0) is 16.3. The van der Waals surface area contributed by atoms with Crippen molar-refractivity contribution in [3.05, 3.63) is 70.8 Å². The van der Waals surface area contributed by atoms with Crippen molar-refractivity contribution in [1.29, 1.82) is 0 Å². The van der Waals surface area contributed by atoms with Crippen LogP contribution in [0, 0.1) is 0 Å². The third-order valence-electron chi connectivity index (χ3n) is 3.59. The van der Waals surface area contributed by atoms with E-state index < -0.39 is 5.60 Å². The average molecular weight is 312 g/mol. The van der Waals surface area contributed by atoms with Gasteiger partial charge in [0, 0.05) is 5.56 Å². The summed E-state index contributed by atoms with van der Waals surface area (Å²) in [7, 11) is 0. The normalized spacial score (nSPS) is 11.3. The van der Waals surface area contributed by atoms with E-state index in [9.17, 15) is 9.90 Å². The second-order valence-corrected chi connectivity index (χ2v) is 6.25. The first-order valence-electron chi connectivity index (χ1n) is 7.34. The second kappa shape index (κ2) is 6.51. The molecule has 2 aromatic rings. The molecule has 1 N–H and O–H groups in total. The molecule has 0 aliphatic carbocycles. The van der Waals surface area contributed by atoms with Gasteiger partial charge in [0.25, 0.3) is 0 Å². The zero-order valence-corrected chi connectivity index (χ0v) is 13.9. The highest BCUT2D eigenvalue weighted by Crippen LogP contribution is 2.17. The number of aryl methyl sites for hydroxylation is 1. The number of benzene rings is 2. The molecule has 114 valence electrons. The maximum atomic E-state index is 12.0. The van der Waals surface area contributed by atoms with E-state index in [0.29, 0.717) is 5.56 Å². The lowest BCUT2D eigenvalue weighted by Gasteiger charge is -2.15. The molecule has 0 aliphatic heterocycles. The van der Waals surface area contributed by atoms with Crippen LogP contribution in [0.2, 0.25) is 0 Å². The summed E-state index contributed by atoms with van der Waals surface area (Å²) >= 11 is 5.51. The van der Waals surface area contributed by atoms with Gasteiger partial charge in [-0.15, -0.1) is 0 Å². The van der Waals surface area contributed by atoms with E-state index in [2.05, 4.69) is 19.1 Å². The molecule has 0 amide bonds. The van der Waals surface area contributed by atoms with Gasteiger partial charge in [0.2, 0.25) is 0 Å². The van der Waals surface area contributed by atoms with Crippen molar-refractivity contribution in [2.75, 3.05) is 0 Å². The lowest BCUT2D eigenvalue weighted by Crippen LogP contribution is -2.31. The van der Waals surface area contributed by atoms with Crippen LogP contribution in [0.3, 0.4) is 0 Å². The smallest absolute Gasteiger partial charge is 0.193 e. The average Bonchev–Trinajstić information content (AvgIpc) is 2.53. The standard InChI is InChI=1S/C19H20O2S/c1-4-13-5-7-14(8-6-13)17(22)15-9-11-16(12-10-15)18(20)19(2,3)21/h5-12,21H,4H2,1-3H3. The highest BCUT2D eigenvalue weighted by Gasteiger charge is 2.25. The Balaban J connectivity index is 2.22. The third-order valence-corrected chi connectivity index (χ3v) is 4.06. The topological polar surface area (TPSA) is 37.3 Å². The van der Waals surface area contributed by atoms with Crippen LogP contribution in [0.5, 0.6) is 0 Å². The van der Waals surface area contributed by atoms with E-state index in [-0.39, 0.29) is 5.78 Å². The summed E-state index contributed by atoms with van der Waals surface area (Å²) in [6.45, 7) is 5.10. The minimum Gasteiger partial charge on any atom is -0.382 e. The van der Waals surface area contributed by atoms with Crippen molar-refractivity contribution in [3.8, 4) is 0 Å². The molecule has 3 heteroatoms. The quantitative estimate of drug-likeness (QED) is 0.670. The molecule has 0 bridgehead atoms. The van der Waals surface area contributed by atoms with E-state index in [0.717, 1.165) is 22.4 Å². The van der Waals surface area contributed by atoms with Crippen molar-refractivity contribution in [3.63, 3.8) is 0 Å². The summed E-state index contributed by atoms with van der Waals surface area (Å²) in [5.41, 5.74) is 2.29. The predicted octanol–water partition coefficient (Wildman–Crippen LogP) is 3.97. The Bertz CT molecular complexity index is 677. The van der Waals surface area contributed by atoms with Crippen LogP contribution in [0.4, 0.5) is 0 Å². The van der Waals surface area contributed by atoms with Crippen molar-refractivity contribution in [2.24, 2.45) is 0 Å². The molecule has 22 heavy (non-hydrogen) atoms. The van der Waals surface area contributed by atoms with E-state index in [1.54, 1.807) is 12.1 Å². The molecule has 0 aliphatic rings. The summed E-state index contributed by atoms with van der Waals surface area (Å²) in [6, 6.07) is 15.3. The number of Topliss-reactive ketones (excluding diaryl/α,β-unsaturated/α-hetero) is 1. The van der Waals surface area contributed by atoms with E-state index in [4.69, 9.17) is 12.2 Å². The summed E-state index contributed by atoms with van der Waals surface area (Å²) in [4.78, 5) is 12.8. The van der Waals surface area contributed by atoms with Crippen molar-refractivity contribution in [2.45, 2.75) is 32.8 Å². The number of hydrogen-bond acceptors (Lipinski definition) is 3. The Kier molecular flexibility index (Phi) is 4.89. The molecule has 0 fully saturated rings. The summed E-state index contributed by atoms with van der Waals surface area (Å²) in [5, 5.41) is 9.77. The molecule has 0 radical (unpaired) electrons. The maximum Gasteiger partial charge on any atom is 0.193 e. The summed E-state index contributed by atoms with van der Waals surface area (Å²) in [5.74, 6) is -0.294. The lowest BCUT2D eigenvalue weighted by molar-refractivity contribution is 0.0488. The Labute approximate surface area is 136 Å². The number of rotatable bonds is 5. The fourth-order valence-corrected chi connectivity index (χ4v) is 2.46. The molecular weight excluding hydrogens is 292 g/mol. The van der Waals surface area contributed by atoms with Gasteiger partial charge < -0.3 is 5.11 Å². The first-order chi connectivity index (χ1) is 10.3. The molecule has 2 nitrogen and oxygen atoms in total. The first-order valence-corrected chi connectivity index (χ1v) is 7.74. The molecule has 0 saturated carbocycles. The SMILES string of the molecule is CCc1ccc(C(=S)c2ccc(C(=O)C(C)(C)O)cc2)cc1. The summed E-state index contributed by atoms with van der Waals surface area (Å²) in [6.07, 6.45) is 1.00. The van der Waals surface area contributed by atoms with Gasteiger partial charge in [0.1, 0.15) is 5.60 Å². The maximum absolute atomic E-state index is 12.0. The van der Waals surface area contributed by atoms with Crippen molar-refractivity contribution >= 4 is 22.9 Å². The molecule has 2 aromatic carbocycles.